The van der Waals surface area contributed by atoms with Crippen molar-refractivity contribution in [3.63, 3.8) is 0 Å². The van der Waals surface area contributed by atoms with Gasteiger partial charge >= 0.3 is 0 Å². The lowest BCUT2D eigenvalue weighted by atomic mass is 10.3. The first-order chi connectivity index (χ1) is 7.04. The van der Waals surface area contributed by atoms with Crippen LogP contribution in [0.15, 0.2) is 18.2 Å². The summed E-state index contributed by atoms with van der Waals surface area (Å²) in [7, 11) is -3.41. The van der Waals surface area contributed by atoms with Crippen LogP contribution in [0.1, 0.15) is 5.69 Å². The third kappa shape index (κ3) is 1.64. The molecule has 0 amide bonds. The average Bonchev–Trinajstić information content (AvgIpc) is 2.60. The molecule has 0 unspecified atom stereocenters. The minimum Gasteiger partial charge on any atom is -0.504 e. The molecule has 7 heteroatoms. The number of nitrogens with zero attached hydrogens (tertiary/aromatic N) is 3. The van der Waals surface area contributed by atoms with Gasteiger partial charge in [-0.25, -0.2) is 8.42 Å². The third-order valence-corrected chi connectivity index (χ3v) is 3.84. The summed E-state index contributed by atoms with van der Waals surface area (Å²) in [6.45, 7) is 4.20. The summed E-state index contributed by atoms with van der Waals surface area (Å²) in [5.41, 5.74) is 0.520. The van der Waals surface area contributed by atoms with E-state index in [-0.39, 0.29) is 12.3 Å². The van der Waals surface area contributed by atoms with Gasteiger partial charge in [-0.05, 0) is 0 Å². The van der Waals surface area contributed by atoms with Gasteiger partial charge in [0.2, 0.25) is 10.0 Å². The Bertz CT molecular complexity index is 491. The lowest BCUT2D eigenvalue weighted by molar-refractivity contribution is 0.321. The summed E-state index contributed by atoms with van der Waals surface area (Å²) >= 11 is 0. The second-order valence-corrected chi connectivity index (χ2v) is 5.12. The molecule has 0 spiro atoms. The van der Waals surface area contributed by atoms with E-state index >= 15 is 0 Å². The summed E-state index contributed by atoms with van der Waals surface area (Å²) < 4.78 is 25.9. The van der Waals surface area contributed by atoms with Crippen molar-refractivity contribution in [1.82, 2.24) is 14.1 Å². The second kappa shape index (κ2) is 3.35. The second-order valence-electron chi connectivity index (χ2n) is 3.24. The maximum Gasteiger partial charge on any atom is 0.236 e. The van der Waals surface area contributed by atoms with Gasteiger partial charge in [-0.1, -0.05) is 6.58 Å². The van der Waals surface area contributed by atoms with Gasteiger partial charge in [-0.15, -0.1) is 0 Å². The van der Waals surface area contributed by atoms with Crippen LogP contribution in [0.5, 0.6) is 5.75 Å². The molecule has 0 bridgehead atoms. The van der Waals surface area contributed by atoms with Gasteiger partial charge in [-0.2, -0.15) is 9.40 Å². The molecule has 1 aromatic rings. The van der Waals surface area contributed by atoms with Gasteiger partial charge in [0.25, 0.3) is 0 Å². The van der Waals surface area contributed by atoms with Crippen molar-refractivity contribution in [1.29, 1.82) is 0 Å². The smallest absolute Gasteiger partial charge is 0.236 e. The normalized spacial score (nSPS) is 17.3. The van der Waals surface area contributed by atoms with Gasteiger partial charge in [-0.3, -0.25) is 4.68 Å². The Morgan fingerprint density at radius 2 is 2.27 bits per heavy atom. The van der Waals surface area contributed by atoms with Crippen LogP contribution in [-0.4, -0.2) is 34.2 Å². The molecular formula is C8H11N3O3S. The van der Waals surface area contributed by atoms with E-state index in [1.807, 2.05) is 0 Å². The number of fused-ring (bicyclic) bond motifs is 1. The average molecular weight is 229 g/mol. The number of aromatic nitrogens is 2. The van der Waals surface area contributed by atoms with Crippen LogP contribution in [0.3, 0.4) is 0 Å². The molecule has 1 aromatic heterocycles. The zero-order chi connectivity index (χ0) is 11.1. The van der Waals surface area contributed by atoms with E-state index < -0.39 is 10.0 Å². The fraction of sp³-hybridized carbons (Fsp3) is 0.375. The van der Waals surface area contributed by atoms with Crippen LogP contribution < -0.4 is 0 Å². The van der Waals surface area contributed by atoms with Crippen molar-refractivity contribution in [3.05, 3.63) is 23.9 Å². The maximum atomic E-state index is 11.5. The first-order valence-corrected chi connectivity index (χ1v) is 5.91. The largest absolute Gasteiger partial charge is 0.504 e. The topological polar surface area (TPSA) is 75.4 Å². The van der Waals surface area contributed by atoms with Crippen LogP contribution >= 0.6 is 0 Å². The molecule has 0 saturated carbocycles. The molecule has 0 fully saturated rings. The Labute approximate surface area is 87.5 Å². The molecule has 0 atom stereocenters. The fourth-order valence-electron chi connectivity index (χ4n) is 1.53. The third-order valence-electron chi connectivity index (χ3n) is 2.38. The highest BCUT2D eigenvalue weighted by atomic mass is 32.2. The van der Waals surface area contributed by atoms with Crippen LogP contribution in [-0.2, 0) is 23.1 Å². The summed E-state index contributed by atoms with van der Waals surface area (Å²) in [5, 5.41) is 14.3. The summed E-state index contributed by atoms with van der Waals surface area (Å²) in [6, 6.07) is 0. The lowest BCUT2D eigenvalue weighted by Crippen LogP contribution is -2.37. The lowest BCUT2D eigenvalue weighted by Gasteiger charge is -2.25. The van der Waals surface area contributed by atoms with E-state index in [1.54, 1.807) is 4.68 Å². The molecule has 0 aliphatic carbocycles. The Balaban J connectivity index is 2.33. The van der Waals surface area contributed by atoms with Crippen LogP contribution in [0.25, 0.3) is 0 Å². The zero-order valence-corrected chi connectivity index (χ0v) is 8.81. The Kier molecular flexibility index (Phi) is 2.28. The molecule has 15 heavy (non-hydrogen) atoms. The molecular weight excluding hydrogens is 218 g/mol. The maximum absolute atomic E-state index is 11.5. The van der Waals surface area contributed by atoms with Gasteiger partial charge < -0.3 is 5.11 Å². The van der Waals surface area contributed by atoms with Crippen LogP contribution in [0, 0.1) is 0 Å². The first kappa shape index (κ1) is 10.2. The van der Waals surface area contributed by atoms with E-state index in [9.17, 15) is 13.5 Å². The van der Waals surface area contributed by atoms with E-state index in [2.05, 4.69) is 11.7 Å². The van der Waals surface area contributed by atoms with Gasteiger partial charge in [0.15, 0.2) is 5.75 Å². The molecule has 82 valence electrons. The van der Waals surface area contributed by atoms with Crippen molar-refractivity contribution in [2.75, 3.05) is 6.54 Å². The minimum absolute atomic E-state index is 0.0268. The van der Waals surface area contributed by atoms with Crippen molar-refractivity contribution < 1.29 is 13.5 Å². The van der Waals surface area contributed by atoms with E-state index in [1.165, 1.54) is 10.5 Å². The molecule has 0 aromatic carbocycles. The van der Waals surface area contributed by atoms with Crippen molar-refractivity contribution in [2.24, 2.45) is 0 Å². The predicted octanol–water partition coefficient (Wildman–Crippen LogP) is -0.122. The Hall–Kier alpha value is -1.34. The van der Waals surface area contributed by atoms with E-state index in [0.717, 1.165) is 5.41 Å². The molecule has 1 aliphatic rings. The predicted molar refractivity (Wildman–Crippen MR) is 53.4 cm³/mol. The number of hydrogen-bond acceptors (Lipinski definition) is 4. The number of sulfonamides is 1. The molecule has 2 rings (SSSR count). The summed E-state index contributed by atoms with van der Waals surface area (Å²) in [6.07, 6.45) is 1.32. The molecule has 1 N–H and O–H groups in total. The van der Waals surface area contributed by atoms with Gasteiger partial charge in [0.05, 0.1) is 25.0 Å². The van der Waals surface area contributed by atoms with Crippen LogP contribution in [0.2, 0.25) is 0 Å². The molecule has 1 aliphatic heterocycles. The Morgan fingerprint density at radius 3 is 2.93 bits per heavy atom. The molecule has 6 nitrogen and oxygen atoms in total. The summed E-state index contributed by atoms with van der Waals surface area (Å²) in [4.78, 5) is 0. The SMILES string of the molecule is C=CS(=O)(=O)N1CCn2ncc(O)c2C1. The number of aromatic hydroxyl groups is 1. The number of hydrogen-bond donors (Lipinski definition) is 1. The van der Waals surface area contributed by atoms with E-state index in [0.29, 0.717) is 18.8 Å². The first-order valence-electron chi connectivity index (χ1n) is 4.41. The zero-order valence-electron chi connectivity index (χ0n) is 8.00. The standard InChI is InChI=1S/C8H11N3O3S/c1-2-15(13,14)10-3-4-11-7(6-10)8(12)5-9-11/h2,5,12H,1,3-4,6H2. The van der Waals surface area contributed by atoms with Gasteiger partial charge in [0.1, 0.15) is 0 Å². The highest BCUT2D eigenvalue weighted by Crippen LogP contribution is 2.23. The summed E-state index contributed by atoms with van der Waals surface area (Å²) in [5.74, 6) is 0.0268. The quantitative estimate of drug-likeness (QED) is 0.767. The van der Waals surface area contributed by atoms with Crippen molar-refractivity contribution >= 4 is 10.0 Å². The van der Waals surface area contributed by atoms with Crippen molar-refractivity contribution in [2.45, 2.75) is 13.1 Å². The van der Waals surface area contributed by atoms with E-state index in [4.69, 9.17) is 0 Å². The minimum atomic E-state index is -3.41. The highest BCUT2D eigenvalue weighted by Gasteiger charge is 2.26. The van der Waals surface area contributed by atoms with Crippen molar-refractivity contribution in [3.8, 4) is 5.75 Å². The van der Waals surface area contributed by atoms with Crippen LogP contribution in [0.4, 0.5) is 0 Å². The molecule has 0 radical (unpaired) electrons. The van der Waals surface area contributed by atoms with Gasteiger partial charge in [0, 0.05) is 12.0 Å². The highest BCUT2D eigenvalue weighted by molar-refractivity contribution is 7.91. The molecule has 2 heterocycles. The molecule has 0 saturated heterocycles. The fourth-order valence-corrected chi connectivity index (χ4v) is 2.38. The Morgan fingerprint density at radius 1 is 1.53 bits per heavy atom. The number of rotatable bonds is 2. The monoisotopic (exact) mass is 229 g/mol.